The van der Waals surface area contributed by atoms with Gasteiger partial charge in [0.25, 0.3) is 0 Å². The van der Waals surface area contributed by atoms with Gasteiger partial charge in [0.15, 0.2) is 19.7 Å². The van der Waals surface area contributed by atoms with E-state index in [0.29, 0.717) is 44.2 Å². The van der Waals surface area contributed by atoms with Gasteiger partial charge >= 0.3 is 6.09 Å². The van der Waals surface area contributed by atoms with E-state index in [1.165, 1.54) is 17.4 Å². The summed E-state index contributed by atoms with van der Waals surface area (Å²) in [5.41, 5.74) is 7.96. The molecular weight excluding hydrogens is 908 g/mol. The van der Waals surface area contributed by atoms with Gasteiger partial charge in [-0.1, -0.05) is 36.4 Å². The van der Waals surface area contributed by atoms with Gasteiger partial charge in [-0.15, -0.1) is 12.4 Å². The largest absolute Gasteiger partial charge is 0.444 e. The lowest BCUT2D eigenvalue weighted by Crippen LogP contribution is -2.49. The van der Waals surface area contributed by atoms with Crippen LogP contribution < -0.4 is 21.7 Å². The van der Waals surface area contributed by atoms with E-state index < -0.39 is 49.5 Å². The molecule has 0 bridgehead atoms. The predicted molar refractivity (Wildman–Crippen MR) is 256 cm³/mol. The molecule has 16 nitrogen and oxygen atoms in total. The van der Waals surface area contributed by atoms with Gasteiger partial charge in [-0.05, 0) is 144 Å². The lowest BCUT2D eigenvalue weighted by atomic mass is 10.00. The number of likely N-dealkylation sites (tertiary alicyclic amines) is 2. The molecule has 2 heterocycles. The standard InChI is InChI=1S/C26H37N3O6S.C21H29N3O4S.ClH/c1-17(21-13-12-20(36(5,33)34)15-19(21)11-10-18-8-9-18)28-24(31)22-7-6-14-29(22)23(30)16-27-25(32)35-26(2,3)4;1-14(23-21(26)19-4-3-11-24(19)20(25)13-22)18-10-9-17(29(2,27)28)12-16(18)8-7-15-5-6-15;/h10-13,15,17-18,22H,6-9,14,16H2,1-5H3,(H,27,32)(H,28,31);7-10,12,14-15,19H,3-6,11,13,22H2,1-2H3,(H,23,26);1H/b11-10+;8-7+;/t17-,22-;14-,19-;/m00./s1. The first-order chi connectivity index (χ1) is 30.4. The van der Waals surface area contributed by atoms with Gasteiger partial charge in [-0.3, -0.25) is 19.2 Å². The van der Waals surface area contributed by atoms with E-state index >= 15 is 0 Å². The van der Waals surface area contributed by atoms with Gasteiger partial charge in [-0.2, -0.15) is 0 Å². The number of carbonyl (C=O) groups is 5. The topological polar surface area (TPSA) is 231 Å². The number of nitrogens with zero attached hydrogens (tertiary/aromatic N) is 2. The lowest BCUT2D eigenvalue weighted by molar-refractivity contribution is -0.138. The molecule has 0 radical (unpaired) electrons. The van der Waals surface area contributed by atoms with E-state index in [-0.39, 0.29) is 65.0 Å². The van der Waals surface area contributed by atoms with Crippen molar-refractivity contribution in [3.05, 3.63) is 70.8 Å². The number of sulfone groups is 2. The monoisotopic (exact) mass is 974 g/mol. The molecule has 4 atom stereocenters. The molecule has 2 aromatic rings. The molecule has 2 saturated carbocycles. The molecule has 0 aromatic heterocycles. The number of alkyl carbamates (subject to hydrolysis) is 1. The minimum Gasteiger partial charge on any atom is -0.444 e. The van der Waals surface area contributed by atoms with E-state index in [2.05, 4.69) is 28.1 Å². The molecule has 2 aliphatic carbocycles. The summed E-state index contributed by atoms with van der Waals surface area (Å²) in [6.07, 6.45) is 16.9. The van der Waals surface area contributed by atoms with Crippen LogP contribution >= 0.6 is 12.4 Å². The summed E-state index contributed by atoms with van der Waals surface area (Å²) >= 11 is 0. The van der Waals surface area contributed by atoms with E-state index in [1.807, 2.05) is 26.0 Å². The highest BCUT2D eigenvalue weighted by molar-refractivity contribution is 7.91. The molecule has 2 aromatic carbocycles. The summed E-state index contributed by atoms with van der Waals surface area (Å²) in [6, 6.07) is 8.04. The third kappa shape index (κ3) is 15.7. The number of amides is 5. The van der Waals surface area contributed by atoms with Crippen LogP contribution in [0, 0.1) is 11.8 Å². The average Bonchev–Trinajstić information content (AvgIpc) is 4.14. The van der Waals surface area contributed by atoms with Gasteiger partial charge in [-0.25, -0.2) is 21.6 Å². The van der Waals surface area contributed by atoms with Crippen molar-refractivity contribution >= 4 is 74.0 Å². The summed E-state index contributed by atoms with van der Waals surface area (Å²) in [7, 11) is -6.69. The highest BCUT2D eigenvalue weighted by Crippen LogP contribution is 2.34. The van der Waals surface area contributed by atoms with Crippen LogP contribution in [0.25, 0.3) is 12.2 Å². The highest BCUT2D eigenvalue weighted by atomic mass is 35.5. The van der Waals surface area contributed by atoms with E-state index in [0.717, 1.165) is 54.4 Å². The first-order valence-corrected chi connectivity index (χ1v) is 26.1. The number of allylic oxidation sites excluding steroid dienone is 2. The quantitative estimate of drug-likeness (QED) is 0.180. The maximum absolute atomic E-state index is 13.2. The molecule has 19 heteroatoms. The zero-order valence-corrected chi connectivity index (χ0v) is 41.5. The zero-order chi connectivity index (χ0) is 47.9. The van der Waals surface area contributed by atoms with Crippen LogP contribution in [0.1, 0.15) is 120 Å². The van der Waals surface area contributed by atoms with Gasteiger partial charge in [0, 0.05) is 25.6 Å². The number of hydrogen-bond acceptors (Lipinski definition) is 11. The molecule has 2 saturated heterocycles. The lowest BCUT2D eigenvalue weighted by Gasteiger charge is -2.26. The number of hydrogen-bond donors (Lipinski definition) is 4. The molecule has 0 spiro atoms. The van der Waals surface area contributed by atoms with Crippen LogP contribution in [0.2, 0.25) is 0 Å². The second kappa shape index (κ2) is 22.8. The summed E-state index contributed by atoms with van der Waals surface area (Å²) in [4.78, 5) is 66.1. The summed E-state index contributed by atoms with van der Waals surface area (Å²) in [6.45, 7) is 9.52. The Bertz CT molecular complexity index is 2390. The first kappa shape index (κ1) is 53.8. The number of rotatable bonds is 15. The Kier molecular flexibility index (Phi) is 18.6. The van der Waals surface area contributed by atoms with Crippen molar-refractivity contribution in [3.8, 4) is 0 Å². The molecule has 6 rings (SSSR count). The number of nitrogens with two attached hydrogens (primary N) is 1. The fourth-order valence-corrected chi connectivity index (χ4v) is 9.14. The van der Waals surface area contributed by atoms with E-state index in [1.54, 1.807) is 62.1 Å². The predicted octanol–water partition coefficient (Wildman–Crippen LogP) is 5.27. The second-order valence-corrected chi connectivity index (χ2v) is 22.6. The molecule has 364 valence electrons. The summed E-state index contributed by atoms with van der Waals surface area (Å²) < 4.78 is 53.2. The number of benzene rings is 2. The zero-order valence-electron chi connectivity index (χ0n) is 39.0. The highest BCUT2D eigenvalue weighted by Gasteiger charge is 2.36. The van der Waals surface area contributed by atoms with Crippen LogP contribution in [-0.4, -0.2) is 113 Å². The molecule has 4 aliphatic rings. The van der Waals surface area contributed by atoms with Crippen molar-refractivity contribution in [2.45, 2.75) is 126 Å². The summed E-state index contributed by atoms with van der Waals surface area (Å²) in [5, 5.41) is 8.44. The maximum Gasteiger partial charge on any atom is 0.408 e. The van der Waals surface area contributed by atoms with Crippen LogP contribution in [0.3, 0.4) is 0 Å². The Hall–Kier alpha value is -4.78. The molecule has 0 unspecified atom stereocenters. The van der Waals surface area contributed by atoms with Crippen LogP contribution in [0.15, 0.2) is 58.3 Å². The third-order valence-corrected chi connectivity index (χ3v) is 13.9. The van der Waals surface area contributed by atoms with Crippen LogP contribution in [0.5, 0.6) is 0 Å². The van der Waals surface area contributed by atoms with Crippen molar-refractivity contribution in [1.82, 2.24) is 25.8 Å². The Morgan fingerprint density at radius 3 is 1.48 bits per heavy atom. The molecular formula is C47H67ClN6O10S2. The minimum absolute atomic E-state index is 0. The summed E-state index contributed by atoms with van der Waals surface area (Å²) in [5.74, 6) is -0.00502. The van der Waals surface area contributed by atoms with Crippen molar-refractivity contribution in [2.24, 2.45) is 17.6 Å². The number of carbonyl (C=O) groups excluding carboxylic acids is 5. The van der Waals surface area contributed by atoms with Gasteiger partial charge in [0.2, 0.25) is 23.6 Å². The minimum atomic E-state index is -3.37. The fraction of sp³-hybridized carbons (Fsp3) is 0.553. The number of ether oxygens (including phenoxy) is 1. The first-order valence-electron chi connectivity index (χ1n) is 22.4. The molecule has 5 amide bonds. The molecule has 2 aliphatic heterocycles. The van der Waals surface area contributed by atoms with Crippen molar-refractivity contribution < 1.29 is 45.5 Å². The SMILES string of the molecule is C[C@H](NC(=O)[C@@H]1CCCN1C(=O)CN)c1ccc(S(C)(=O)=O)cc1/C=C/C1CC1.C[C@H](NC(=O)[C@@H]1CCCN1C(=O)CNC(=O)OC(C)(C)C)c1ccc(S(C)(=O)=O)cc1/C=C/C1CC1.Cl. The normalized spacial score (nSPS) is 19.6. The maximum atomic E-state index is 13.2. The Labute approximate surface area is 396 Å². The van der Waals surface area contributed by atoms with Crippen molar-refractivity contribution in [1.29, 1.82) is 0 Å². The molecule has 5 N–H and O–H groups in total. The van der Waals surface area contributed by atoms with Gasteiger partial charge < -0.3 is 36.2 Å². The second-order valence-electron chi connectivity index (χ2n) is 18.5. The van der Waals surface area contributed by atoms with E-state index in [9.17, 15) is 40.8 Å². The fourth-order valence-electron chi connectivity index (χ4n) is 7.83. The van der Waals surface area contributed by atoms with E-state index in [4.69, 9.17) is 10.5 Å². The average molecular weight is 976 g/mol. The molecule has 4 fully saturated rings. The number of nitrogens with one attached hydrogen (secondary N) is 3. The van der Waals surface area contributed by atoms with Crippen LogP contribution in [-0.2, 0) is 43.6 Å². The Morgan fingerprint density at radius 2 is 1.12 bits per heavy atom. The van der Waals surface area contributed by atoms with Crippen LogP contribution in [0.4, 0.5) is 4.79 Å². The Morgan fingerprint density at radius 1 is 0.712 bits per heavy atom. The Balaban J connectivity index is 0.000000290. The van der Waals surface area contributed by atoms with Crippen molar-refractivity contribution in [2.75, 3.05) is 38.7 Å². The molecule has 66 heavy (non-hydrogen) atoms. The van der Waals surface area contributed by atoms with Crippen molar-refractivity contribution in [3.63, 3.8) is 0 Å². The van der Waals surface area contributed by atoms with Gasteiger partial charge in [0.1, 0.15) is 24.2 Å². The third-order valence-electron chi connectivity index (χ3n) is 11.7. The van der Waals surface area contributed by atoms with Gasteiger partial charge in [0.05, 0.1) is 28.4 Å². The number of halogens is 1. The smallest absolute Gasteiger partial charge is 0.408 e.